The van der Waals surface area contributed by atoms with Gasteiger partial charge in [-0.3, -0.25) is 9.52 Å². The first-order chi connectivity index (χ1) is 17.8. The number of fused-ring (bicyclic) bond motifs is 1. The Kier molecular flexibility index (Phi) is 7.89. The van der Waals surface area contributed by atoms with Crippen LogP contribution in [-0.4, -0.2) is 30.5 Å². The van der Waals surface area contributed by atoms with Crippen LogP contribution in [-0.2, 0) is 39.4 Å². The first-order valence-corrected chi connectivity index (χ1v) is 13.5. The van der Waals surface area contributed by atoms with E-state index >= 15 is 0 Å². The van der Waals surface area contributed by atoms with Crippen LogP contribution in [0.5, 0.6) is 0 Å². The first-order valence-electron chi connectivity index (χ1n) is 12.0. The van der Waals surface area contributed by atoms with Gasteiger partial charge in [-0.25, -0.2) is 13.4 Å². The molecule has 1 aromatic heterocycles. The quantitative estimate of drug-likeness (QED) is 0.305. The summed E-state index contributed by atoms with van der Waals surface area (Å²) in [7, 11) is -1.97. The molecular formula is C28H28N4O4S. The molecule has 0 aliphatic heterocycles. The van der Waals surface area contributed by atoms with E-state index in [4.69, 9.17) is 10.00 Å². The summed E-state index contributed by atoms with van der Waals surface area (Å²) in [5, 5.41) is 9.00. The monoisotopic (exact) mass is 516 g/mol. The van der Waals surface area contributed by atoms with E-state index in [1.165, 1.54) is 0 Å². The largest absolute Gasteiger partial charge is 0.466 e. The Morgan fingerprint density at radius 3 is 2.59 bits per heavy atom. The number of benzene rings is 3. The third kappa shape index (κ3) is 6.16. The smallest absolute Gasteiger partial charge is 0.305 e. The molecule has 9 heteroatoms. The van der Waals surface area contributed by atoms with Crippen LogP contribution in [0.1, 0.15) is 42.3 Å². The lowest BCUT2D eigenvalue weighted by atomic mass is 10.1. The second-order valence-electron chi connectivity index (χ2n) is 8.64. The number of aromatic nitrogens is 2. The second-order valence-corrected chi connectivity index (χ2v) is 10.3. The van der Waals surface area contributed by atoms with Crippen LogP contribution in [0.3, 0.4) is 0 Å². The predicted octanol–water partition coefficient (Wildman–Crippen LogP) is 4.72. The van der Waals surface area contributed by atoms with E-state index in [1.54, 1.807) is 49.4 Å². The van der Waals surface area contributed by atoms with Gasteiger partial charge in [0.1, 0.15) is 5.82 Å². The van der Waals surface area contributed by atoms with Crippen molar-refractivity contribution in [2.75, 3.05) is 11.3 Å². The zero-order valence-corrected chi connectivity index (χ0v) is 21.6. The molecule has 190 valence electrons. The van der Waals surface area contributed by atoms with Crippen molar-refractivity contribution in [1.29, 1.82) is 5.26 Å². The van der Waals surface area contributed by atoms with E-state index < -0.39 is 10.0 Å². The molecule has 37 heavy (non-hydrogen) atoms. The number of aryl methyl sites for hydroxylation is 2. The topological polar surface area (TPSA) is 114 Å². The molecule has 0 radical (unpaired) electrons. The van der Waals surface area contributed by atoms with Crippen LogP contribution in [0.4, 0.5) is 5.69 Å². The number of nitriles is 1. The fraction of sp³-hybridized carbons (Fsp3) is 0.250. The van der Waals surface area contributed by atoms with Gasteiger partial charge in [0.15, 0.2) is 0 Å². The molecule has 1 heterocycles. The van der Waals surface area contributed by atoms with E-state index in [1.807, 2.05) is 35.9 Å². The van der Waals surface area contributed by atoms with Crippen molar-refractivity contribution in [3.63, 3.8) is 0 Å². The number of carbonyl (C=O) groups excluding carboxylic acids is 1. The molecule has 0 saturated carbocycles. The van der Waals surface area contributed by atoms with Crippen molar-refractivity contribution in [2.45, 2.75) is 37.5 Å². The highest BCUT2D eigenvalue weighted by molar-refractivity contribution is 7.92. The minimum absolute atomic E-state index is 0.115. The molecule has 0 atom stereocenters. The Morgan fingerprint density at radius 1 is 1.11 bits per heavy atom. The molecule has 1 N–H and O–H groups in total. The van der Waals surface area contributed by atoms with Gasteiger partial charge in [-0.1, -0.05) is 30.3 Å². The van der Waals surface area contributed by atoms with Gasteiger partial charge >= 0.3 is 5.97 Å². The summed E-state index contributed by atoms with van der Waals surface area (Å²) in [6.07, 6.45) is 1.92. The lowest BCUT2D eigenvalue weighted by Crippen LogP contribution is -2.14. The fourth-order valence-electron chi connectivity index (χ4n) is 4.13. The van der Waals surface area contributed by atoms with Crippen molar-refractivity contribution in [1.82, 2.24) is 9.55 Å². The summed E-state index contributed by atoms with van der Waals surface area (Å²) in [4.78, 5) is 16.4. The number of nitrogens with zero attached hydrogens (tertiary/aromatic N) is 3. The van der Waals surface area contributed by atoms with E-state index in [0.29, 0.717) is 42.6 Å². The number of para-hydroxylation sites is 1. The lowest BCUT2D eigenvalue weighted by molar-refractivity contribution is -0.143. The van der Waals surface area contributed by atoms with Crippen LogP contribution in [0.25, 0.3) is 11.0 Å². The molecule has 0 aliphatic carbocycles. The second kappa shape index (κ2) is 11.3. The number of carbonyl (C=O) groups is 1. The predicted molar refractivity (Wildman–Crippen MR) is 141 cm³/mol. The molecule has 8 nitrogen and oxygen atoms in total. The number of imidazole rings is 1. The minimum atomic E-state index is -3.87. The number of anilines is 1. The Morgan fingerprint density at radius 2 is 1.86 bits per heavy atom. The number of esters is 1. The van der Waals surface area contributed by atoms with Gasteiger partial charge in [0, 0.05) is 19.9 Å². The maximum absolute atomic E-state index is 13.3. The van der Waals surface area contributed by atoms with Gasteiger partial charge in [-0.2, -0.15) is 5.26 Å². The molecule has 0 aliphatic rings. The van der Waals surface area contributed by atoms with E-state index in [9.17, 15) is 13.2 Å². The van der Waals surface area contributed by atoms with Crippen molar-refractivity contribution in [2.24, 2.45) is 7.05 Å². The number of hydrogen-bond donors (Lipinski definition) is 1. The van der Waals surface area contributed by atoms with E-state index in [2.05, 4.69) is 15.8 Å². The number of sulfonamides is 1. The third-order valence-corrected chi connectivity index (χ3v) is 7.46. The number of rotatable bonds is 10. The summed E-state index contributed by atoms with van der Waals surface area (Å²) in [5.41, 5.74) is 4.29. The SMILES string of the molecule is CCOC(=O)CCCc1ccccc1NS(=O)(=O)c1ccc2c(c1)nc(Cc1ccc(C#N)cc1)n2C. The van der Waals surface area contributed by atoms with Gasteiger partial charge in [0.05, 0.1) is 39.9 Å². The summed E-state index contributed by atoms with van der Waals surface area (Å²) in [6, 6.07) is 21.5. The van der Waals surface area contributed by atoms with Crippen LogP contribution in [0.15, 0.2) is 71.6 Å². The molecule has 4 rings (SSSR count). The molecule has 0 unspecified atom stereocenters. The Labute approximate surface area is 216 Å². The van der Waals surface area contributed by atoms with E-state index in [0.717, 1.165) is 22.5 Å². The maximum atomic E-state index is 13.3. The molecule has 4 aromatic rings. The van der Waals surface area contributed by atoms with Crippen molar-refractivity contribution in [3.8, 4) is 6.07 Å². The molecule has 0 spiro atoms. The zero-order valence-electron chi connectivity index (χ0n) is 20.8. The van der Waals surface area contributed by atoms with Gasteiger partial charge in [-0.15, -0.1) is 0 Å². The highest BCUT2D eigenvalue weighted by atomic mass is 32.2. The molecule has 0 fully saturated rings. The van der Waals surface area contributed by atoms with Crippen molar-refractivity contribution < 1.29 is 17.9 Å². The molecule has 0 amide bonds. The van der Waals surface area contributed by atoms with Crippen LogP contribution < -0.4 is 4.72 Å². The third-order valence-electron chi connectivity index (χ3n) is 6.09. The zero-order chi connectivity index (χ0) is 26.4. The average Bonchev–Trinajstić information content (AvgIpc) is 3.20. The lowest BCUT2D eigenvalue weighted by Gasteiger charge is -2.13. The molecule has 0 bridgehead atoms. The van der Waals surface area contributed by atoms with Crippen LogP contribution in [0.2, 0.25) is 0 Å². The first kappa shape index (κ1) is 25.9. The number of nitrogens with one attached hydrogen (secondary N) is 1. The van der Waals surface area contributed by atoms with Crippen molar-refractivity contribution >= 4 is 32.7 Å². The van der Waals surface area contributed by atoms with Gasteiger partial charge < -0.3 is 9.30 Å². The maximum Gasteiger partial charge on any atom is 0.305 e. The summed E-state index contributed by atoms with van der Waals surface area (Å²) < 4.78 is 36.1. The minimum Gasteiger partial charge on any atom is -0.466 e. The van der Waals surface area contributed by atoms with Gasteiger partial charge in [-0.05, 0) is 67.3 Å². The Bertz CT molecular complexity index is 1570. The van der Waals surface area contributed by atoms with Crippen LogP contribution >= 0.6 is 0 Å². The molecular weight excluding hydrogens is 488 g/mol. The highest BCUT2D eigenvalue weighted by Gasteiger charge is 2.19. The summed E-state index contributed by atoms with van der Waals surface area (Å²) in [5.74, 6) is 0.525. The average molecular weight is 517 g/mol. The summed E-state index contributed by atoms with van der Waals surface area (Å²) >= 11 is 0. The van der Waals surface area contributed by atoms with E-state index in [-0.39, 0.29) is 17.3 Å². The number of ether oxygens (including phenoxy) is 1. The normalized spacial score (nSPS) is 11.3. The Balaban J connectivity index is 1.53. The fourth-order valence-corrected chi connectivity index (χ4v) is 5.25. The van der Waals surface area contributed by atoms with Gasteiger partial charge in [0.2, 0.25) is 0 Å². The molecule has 0 saturated heterocycles. The van der Waals surface area contributed by atoms with Crippen LogP contribution in [0, 0.1) is 11.3 Å². The standard InChI is InChI=1S/C28H28N4O4S/c1-3-36-28(33)10-6-8-22-7-4-5-9-24(22)31-37(34,35)23-15-16-26-25(18-23)30-27(32(26)2)17-20-11-13-21(19-29)14-12-20/h4-5,7,9,11-16,18,31H,3,6,8,10,17H2,1-2H3. The summed E-state index contributed by atoms with van der Waals surface area (Å²) in [6.45, 7) is 2.10. The van der Waals surface area contributed by atoms with Gasteiger partial charge in [0.25, 0.3) is 10.0 Å². The highest BCUT2D eigenvalue weighted by Crippen LogP contribution is 2.25. The Hall–Kier alpha value is -4.16. The number of hydrogen-bond acceptors (Lipinski definition) is 6. The molecule has 3 aromatic carbocycles. The van der Waals surface area contributed by atoms with Crippen molar-refractivity contribution in [3.05, 3.63) is 89.2 Å².